The van der Waals surface area contributed by atoms with Crippen LogP contribution in [0, 0.1) is 11.3 Å². The number of anilines is 2. The second kappa shape index (κ2) is 6.41. The molecule has 1 fully saturated rings. The second-order valence-corrected chi connectivity index (χ2v) is 5.41. The Balaban J connectivity index is 1.67. The van der Waals surface area contributed by atoms with Crippen molar-refractivity contribution in [1.29, 1.82) is 5.26 Å². The molecular weight excluding hydrogens is 290 g/mol. The number of nitrogens with zero attached hydrogens (tertiary/aromatic N) is 2. The van der Waals surface area contributed by atoms with Crippen molar-refractivity contribution in [1.82, 2.24) is 0 Å². The van der Waals surface area contributed by atoms with E-state index in [1.165, 1.54) is 0 Å². The van der Waals surface area contributed by atoms with Crippen molar-refractivity contribution in [2.75, 3.05) is 23.4 Å². The van der Waals surface area contributed by atoms with E-state index < -0.39 is 0 Å². The van der Waals surface area contributed by atoms with E-state index in [9.17, 15) is 4.79 Å². The summed E-state index contributed by atoms with van der Waals surface area (Å²) < 4.78 is 4.94. The topological polar surface area (TPSA) is 65.4 Å². The van der Waals surface area contributed by atoms with Gasteiger partial charge in [-0.05, 0) is 48.9 Å². The molecule has 0 aliphatic carbocycles. The molecule has 1 aliphatic heterocycles. The Morgan fingerprint density at radius 3 is 2.43 bits per heavy atom. The average Bonchev–Trinajstić information content (AvgIpc) is 3.01. The van der Waals surface area contributed by atoms with Crippen molar-refractivity contribution < 1.29 is 9.53 Å². The lowest BCUT2D eigenvalue weighted by Crippen LogP contribution is -2.23. The molecule has 0 bridgehead atoms. The molecular formula is C18H17N3O2. The van der Waals surface area contributed by atoms with Crippen LogP contribution in [0.5, 0.6) is 0 Å². The summed E-state index contributed by atoms with van der Waals surface area (Å²) in [5.41, 5.74) is 3.57. The summed E-state index contributed by atoms with van der Waals surface area (Å²) in [6.07, 6.45) is -0.295. The Bertz CT molecular complexity index is 732. The molecule has 2 aromatic rings. The predicted octanol–water partition coefficient (Wildman–Crippen LogP) is 3.69. The summed E-state index contributed by atoms with van der Waals surface area (Å²) in [4.78, 5) is 13.2. The smallest absolute Gasteiger partial charge is 0.414 e. The van der Waals surface area contributed by atoms with Gasteiger partial charge in [0.2, 0.25) is 0 Å². The van der Waals surface area contributed by atoms with Gasteiger partial charge in [-0.2, -0.15) is 5.26 Å². The maximum atomic E-state index is 11.5. The third-order valence-electron chi connectivity index (χ3n) is 3.86. The maximum absolute atomic E-state index is 11.5. The quantitative estimate of drug-likeness (QED) is 0.935. The number of hydrogen-bond donors (Lipinski definition) is 1. The van der Waals surface area contributed by atoms with Gasteiger partial charge in [-0.1, -0.05) is 12.1 Å². The van der Waals surface area contributed by atoms with Crippen molar-refractivity contribution in [2.24, 2.45) is 0 Å². The number of amides is 1. The van der Waals surface area contributed by atoms with Crippen LogP contribution in [0.25, 0.3) is 0 Å². The first-order valence-corrected chi connectivity index (χ1v) is 7.48. The number of cyclic esters (lactones) is 1. The fourth-order valence-electron chi connectivity index (χ4n) is 2.55. The Morgan fingerprint density at radius 1 is 1.17 bits per heavy atom. The molecule has 5 heteroatoms. The van der Waals surface area contributed by atoms with Gasteiger partial charge in [-0.3, -0.25) is 4.90 Å². The van der Waals surface area contributed by atoms with Crippen LogP contribution in [-0.4, -0.2) is 19.2 Å². The summed E-state index contributed by atoms with van der Waals surface area (Å²) in [5.74, 6) is 0. The van der Waals surface area contributed by atoms with Gasteiger partial charge in [-0.25, -0.2) is 4.79 Å². The molecule has 0 radical (unpaired) electrons. The van der Waals surface area contributed by atoms with Crippen LogP contribution in [0.15, 0.2) is 48.5 Å². The summed E-state index contributed by atoms with van der Waals surface area (Å²) in [7, 11) is 0. The molecule has 1 unspecified atom stereocenters. The lowest BCUT2D eigenvalue weighted by molar-refractivity contribution is 0.181. The third kappa shape index (κ3) is 3.27. The van der Waals surface area contributed by atoms with Crippen LogP contribution in [0.3, 0.4) is 0 Å². The minimum Gasteiger partial charge on any atom is -0.447 e. The third-order valence-corrected chi connectivity index (χ3v) is 3.86. The Hall–Kier alpha value is -3.00. The van der Waals surface area contributed by atoms with Gasteiger partial charge in [-0.15, -0.1) is 0 Å². The van der Waals surface area contributed by atoms with E-state index in [-0.39, 0.29) is 12.1 Å². The maximum Gasteiger partial charge on any atom is 0.414 e. The second-order valence-electron chi connectivity index (χ2n) is 5.41. The normalized spacial score (nSPS) is 15.0. The number of ether oxygens (including phenoxy) is 1. The zero-order valence-corrected chi connectivity index (χ0v) is 12.8. The molecule has 0 saturated carbocycles. The van der Waals surface area contributed by atoms with Gasteiger partial charge in [0.15, 0.2) is 0 Å². The standard InChI is InChI=1S/C18H17N3O2/c1-13(15-4-2-14(12-19)3-5-15)20-16-6-8-17(9-7-16)21-10-11-23-18(21)22/h2-9,13,20H,10-11H2,1H3. The summed E-state index contributed by atoms with van der Waals surface area (Å²) in [5, 5.41) is 12.2. The van der Waals surface area contributed by atoms with Crippen molar-refractivity contribution >= 4 is 17.5 Å². The van der Waals surface area contributed by atoms with E-state index >= 15 is 0 Å². The fraction of sp³-hybridized carbons (Fsp3) is 0.222. The number of nitriles is 1. The number of nitrogens with one attached hydrogen (secondary N) is 1. The highest BCUT2D eigenvalue weighted by Gasteiger charge is 2.23. The van der Waals surface area contributed by atoms with Crippen LogP contribution in [0.4, 0.5) is 16.2 Å². The lowest BCUT2D eigenvalue weighted by Gasteiger charge is -2.17. The number of rotatable bonds is 4. The summed E-state index contributed by atoms with van der Waals surface area (Å²) in [6.45, 7) is 3.09. The molecule has 1 aliphatic rings. The number of hydrogen-bond acceptors (Lipinski definition) is 4. The largest absolute Gasteiger partial charge is 0.447 e. The molecule has 1 atom stereocenters. The molecule has 3 rings (SSSR count). The Kier molecular flexibility index (Phi) is 4.15. The average molecular weight is 307 g/mol. The lowest BCUT2D eigenvalue weighted by atomic mass is 10.1. The van der Waals surface area contributed by atoms with Gasteiger partial charge in [0.25, 0.3) is 0 Å². The van der Waals surface area contributed by atoms with Gasteiger partial charge in [0.1, 0.15) is 6.61 Å². The monoisotopic (exact) mass is 307 g/mol. The minimum atomic E-state index is -0.295. The fourth-order valence-corrected chi connectivity index (χ4v) is 2.55. The van der Waals surface area contributed by atoms with Crippen LogP contribution in [-0.2, 0) is 4.74 Å². The first kappa shape index (κ1) is 14.9. The van der Waals surface area contributed by atoms with Crippen molar-refractivity contribution in [3.8, 4) is 6.07 Å². The molecule has 1 amide bonds. The Labute approximate surface area is 135 Å². The van der Waals surface area contributed by atoms with Crippen molar-refractivity contribution in [2.45, 2.75) is 13.0 Å². The number of carbonyl (C=O) groups is 1. The van der Waals surface area contributed by atoms with E-state index in [0.717, 1.165) is 16.9 Å². The van der Waals surface area contributed by atoms with E-state index in [4.69, 9.17) is 10.00 Å². The van der Waals surface area contributed by atoms with Gasteiger partial charge in [0.05, 0.1) is 18.2 Å². The van der Waals surface area contributed by atoms with Crippen LogP contribution in [0.2, 0.25) is 0 Å². The van der Waals surface area contributed by atoms with Crippen molar-refractivity contribution in [3.63, 3.8) is 0 Å². The van der Waals surface area contributed by atoms with Crippen LogP contribution >= 0.6 is 0 Å². The first-order valence-electron chi connectivity index (χ1n) is 7.48. The summed E-state index contributed by atoms with van der Waals surface area (Å²) in [6, 6.07) is 17.5. The molecule has 0 spiro atoms. The molecule has 2 aromatic carbocycles. The first-order chi connectivity index (χ1) is 11.2. The van der Waals surface area contributed by atoms with Crippen LogP contribution in [0.1, 0.15) is 24.1 Å². The van der Waals surface area contributed by atoms with E-state index in [2.05, 4.69) is 18.3 Å². The highest BCUT2D eigenvalue weighted by atomic mass is 16.6. The minimum absolute atomic E-state index is 0.116. The summed E-state index contributed by atoms with van der Waals surface area (Å²) >= 11 is 0. The molecule has 1 N–H and O–H groups in total. The zero-order chi connectivity index (χ0) is 16.2. The van der Waals surface area contributed by atoms with Gasteiger partial charge in [0, 0.05) is 17.4 Å². The molecule has 5 nitrogen and oxygen atoms in total. The number of benzene rings is 2. The predicted molar refractivity (Wildman–Crippen MR) is 88.3 cm³/mol. The molecule has 0 aromatic heterocycles. The molecule has 116 valence electrons. The highest BCUT2D eigenvalue weighted by Crippen LogP contribution is 2.24. The van der Waals surface area contributed by atoms with E-state index in [0.29, 0.717) is 18.7 Å². The van der Waals surface area contributed by atoms with Crippen LogP contribution < -0.4 is 10.2 Å². The SMILES string of the molecule is CC(Nc1ccc(N2CCOC2=O)cc1)c1ccc(C#N)cc1. The van der Waals surface area contributed by atoms with Gasteiger partial charge >= 0.3 is 6.09 Å². The zero-order valence-electron chi connectivity index (χ0n) is 12.8. The van der Waals surface area contributed by atoms with Gasteiger partial charge < -0.3 is 10.1 Å². The Morgan fingerprint density at radius 2 is 1.87 bits per heavy atom. The molecule has 23 heavy (non-hydrogen) atoms. The van der Waals surface area contributed by atoms with E-state index in [1.807, 2.05) is 48.5 Å². The highest BCUT2D eigenvalue weighted by molar-refractivity contribution is 5.89. The number of carbonyl (C=O) groups excluding carboxylic acids is 1. The molecule has 1 saturated heterocycles. The molecule has 1 heterocycles. The van der Waals surface area contributed by atoms with E-state index in [1.54, 1.807) is 4.90 Å². The van der Waals surface area contributed by atoms with Crippen molar-refractivity contribution in [3.05, 3.63) is 59.7 Å².